The minimum Gasteiger partial charge on any atom is -0.497 e. The lowest BCUT2D eigenvalue weighted by atomic mass is 10.1. The monoisotopic (exact) mass is 408 g/mol. The summed E-state index contributed by atoms with van der Waals surface area (Å²) in [5.74, 6) is 1.49. The first-order valence-corrected chi connectivity index (χ1v) is 10.6. The molecule has 6 heteroatoms. The summed E-state index contributed by atoms with van der Waals surface area (Å²) in [7, 11) is 1.60. The predicted molar refractivity (Wildman–Crippen MR) is 114 cm³/mol. The van der Waals surface area contributed by atoms with Crippen LogP contribution in [0.1, 0.15) is 46.4 Å². The molecule has 0 spiro atoms. The van der Waals surface area contributed by atoms with Gasteiger partial charge in [0.2, 0.25) is 0 Å². The van der Waals surface area contributed by atoms with Crippen LogP contribution in [0.15, 0.2) is 48.5 Å². The summed E-state index contributed by atoms with van der Waals surface area (Å²) < 4.78 is 11.2. The van der Waals surface area contributed by atoms with Gasteiger partial charge in [-0.15, -0.1) is 0 Å². The Morgan fingerprint density at radius 2 is 1.67 bits per heavy atom. The molecule has 0 N–H and O–H groups in total. The standard InChI is InChI=1S/C24H28N2O4/c1-29-22-8-4-6-19(16-22)24(28)26-15-5-7-20(26)17-30-21-11-9-18(10-12-21)23(27)25-13-2-3-14-25/h4,6,8-12,16,20H,2-3,5,7,13-15,17H2,1H3. The van der Waals surface area contributed by atoms with Crippen molar-refractivity contribution in [2.75, 3.05) is 33.4 Å². The quantitative estimate of drug-likeness (QED) is 0.733. The maximum absolute atomic E-state index is 13.0. The highest BCUT2D eigenvalue weighted by Gasteiger charge is 2.30. The molecular formula is C24H28N2O4. The second-order valence-corrected chi connectivity index (χ2v) is 7.86. The fourth-order valence-corrected chi connectivity index (χ4v) is 4.19. The summed E-state index contributed by atoms with van der Waals surface area (Å²) in [6.45, 7) is 2.86. The van der Waals surface area contributed by atoms with Crippen molar-refractivity contribution >= 4 is 11.8 Å². The number of rotatable bonds is 6. The Labute approximate surface area is 177 Å². The molecule has 0 aliphatic carbocycles. The van der Waals surface area contributed by atoms with Gasteiger partial charge in [-0.1, -0.05) is 6.07 Å². The molecule has 158 valence electrons. The van der Waals surface area contributed by atoms with Gasteiger partial charge in [-0.3, -0.25) is 9.59 Å². The van der Waals surface area contributed by atoms with Crippen molar-refractivity contribution in [2.24, 2.45) is 0 Å². The molecule has 30 heavy (non-hydrogen) atoms. The molecule has 6 nitrogen and oxygen atoms in total. The van der Waals surface area contributed by atoms with Crippen LogP contribution in [-0.4, -0.2) is 61.0 Å². The van der Waals surface area contributed by atoms with E-state index < -0.39 is 0 Å². The van der Waals surface area contributed by atoms with Crippen molar-refractivity contribution in [3.63, 3.8) is 0 Å². The molecule has 2 aliphatic heterocycles. The Hall–Kier alpha value is -3.02. The number of benzene rings is 2. The first kappa shape index (κ1) is 20.3. The van der Waals surface area contributed by atoms with Crippen molar-refractivity contribution < 1.29 is 19.1 Å². The van der Waals surface area contributed by atoms with E-state index in [1.54, 1.807) is 13.2 Å². The Bertz CT molecular complexity index is 890. The van der Waals surface area contributed by atoms with E-state index in [1.807, 2.05) is 52.3 Å². The van der Waals surface area contributed by atoms with Crippen LogP contribution >= 0.6 is 0 Å². The highest BCUT2D eigenvalue weighted by Crippen LogP contribution is 2.24. The lowest BCUT2D eigenvalue weighted by Crippen LogP contribution is -2.39. The van der Waals surface area contributed by atoms with Crippen molar-refractivity contribution in [2.45, 2.75) is 31.7 Å². The Morgan fingerprint density at radius 3 is 2.40 bits per heavy atom. The maximum atomic E-state index is 13.0. The van der Waals surface area contributed by atoms with E-state index in [0.29, 0.717) is 29.2 Å². The number of hydrogen-bond donors (Lipinski definition) is 0. The molecule has 2 aliphatic rings. The maximum Gasteiger partial charge on any atom is 0.254 e. The minimum atomic E-state index is 0.00607. The average molecular weight is 408 g/mol. The molecule has 2 aromatic rings. The van der Waals surface area contributed by atoms with Crippen LogP contribution in [0.2, 0.25) is 0 Å². The normalized spacial score (nSPS) is 18.5. The zero-order valence-electron chi connectivity index (χ0n) is 17.4. The molecule has 2 saturated heterocycles. The van der Waals surface area contributed by atoms with Gasteiger partial charge in [0, 0.05) is 30.8 Å². The smallest absolute Gasteiger partial charge is 0.254 e. The topological polar surface area (TPSA) is 59.1 Å². The second-order valence-electron chi connectivity index (χ2n) is 7.86. The summed E-state index contributed by atoms with van der Waals surface area (Å²) in [4.78, 5) is 29.2. The van der Waals surface area contributed by atoms with Crippen LogP contribution in [0.4, 0.5) is 0 Å². The lowest BCUT2D eigenvalue weighted by Gasteiger charge is -2.25. The predicted octanol–water partition coefficient (Wildman–Crippen LogP) is 3.61. The van der Waals surface area contributed by atoms with E-state index >= 15 is 0 Å². The zero-order chi connectivity index (χ0) is 20.9. The van der Waals surface area contributed by atoms with Gasteiger partial charge < -0.3 is 19.3 Å². The average Bonchev–Trinajstić information content (AvgIpc) is 3.49. The fourth-order valence-electron chi connectivity index (χ4n) is 4.19. The van der Waals surface area contributed by atoms with Crippen molar-refractivity contribution in [3.8, 4) is 11.5 Å². The molecular weight excluding hydrogens is 380 g/mol. The van der Waals surface area contributed by atoms with Crippen LogP contribution in [0.5, 0.6) is 11.5 Å². The SMILES string of the molecule is COc1cccc(C(=O)N2CCCC2COc2ccc(C(=O)N3CCCC3)cc2)c1. The molecule has 0 bridgehead atoms. The number of nitrogens with zero attached hydrogens (tertiary/aromatic N) is 2. The van der Waals surface area contributed by atoms with Gasteiger partial charge in [-0.25, -0.2) is 0 Å². The van der Waals surface area contributed by atoms with Crippen LogP contribution in [0.25, 0.3) is 0 Å². The number of carbonyl (C=O) groups is 2. The van der Waals surface area contributed by atoms with Gasteiger partial charge in [-0.05, 0) is 68.1 Å². The van der Waals surface area contributed by atoms with E-state index in [2.05, 4.69) is 0 Å². The summed E-state index contributed by atoms with van der Waals surface area (Å²) >= 11 is 0. The van der Waals surface area contributed by atoms with Gasteiger partial charge in [-0.2, -0.15) is 0 Å². The molecule has 1 unspecified atom stereocenters. The van der Waals surface area contributed by atoms with Crippen LogP contribution in [0.3, 0.4) is 0 Å². The third kappa shape index (κ3) is 4.42. The summed E-state index contributed by atoms with van der Waals surface area (Å²) in [5.41, 5.74) is 1.32. The van der Waals surface area contributed by atoms with E-state index in [-0.39, 0.29) is 17.9 Å². The molecule has 0 saturated carbocycles. The lowest BCUT2D eigenvalue weighted by molar-refractivity contribution is 0.0690. The molecule has 1 atom stereocenters. The zero-order valence-corrected chi connectivity index (χ0v) is 17.4. The van der Waals surface area contributed by atoms with Crippen LogP contribution < -0.4 is 9.47 Å². The van der Waals surface area contributed by atoms with Crippen molar-refractivity contribution in [3.05, 3.63) is 59.7 Å². The Balaban J connectivity index is 1.35. The highest BCUT2D eigenvalue weighted by atomic mass is 16.5. The minimum absolute atomic E-state index is 0.00607. The van der Waals surface area contributed by atoms with Crippen LogP contribution in [0, 0.1) is 0 Å². The first-order chi connectivity index (χ1) is 14.7. The number of likely N-dealkylation sites (tertiary alicyclic amines) is 2. The summed E-state index contributed by atoms with van der Waals surface area (Å²) in [5, 5.41) is 0. The van der Waals surface area contributed by atoms with Gasteiger partial charge in [0.1, 0.15) is 18.1 Å². The molecule has 0 radical (unpaired) electrons. The molecule has 2 aromatic carbocycles. The third-order valence-corrected chi connectivity index (χ3v) is 5.89. The molecule has 4 rings (SSSR count). The molecule has 2 fully saturated rings. The number of ether oxygens (including phenoxy) is 2. The van der Waals surface area contributed by atoms with E-state index in [9.17, 15) is 9.59 Å². The van der Waals surface area contributed by atoms with Crippen LogP contribution in [-0.2, 0) is 0 Å². The molecule has 2 heterocycles. The second kappa shape index (κ2) is 9.20. The van der Waals surface area contributed by atoms with E-state index in [1.165, 1.54) is 0 Å². The van der Waals surface area contributed by atoms with Gasteiger partial charge in [0.15, 0.2) is 0 Å². The van der Waals surface area contributed by atoms with E-state index in [4.69, 9.17) is 9.47 Å². The van der Waals surface area contributed by atoms with Crippen molar-refractivity contribution in [1.29, 1.82) is 0 Å². The van der Waals surface area contributed by atoms with E-state index in [0.717, 1.165) is 45.3 Å². The first-order valence-electron chi connectivity index (χ1n) is 10.6. The number of amides is 2. The molecule has 0 aromatic heterocycles. The van der Waals surface area contributed by atoms with Gasteiger partial charge in [0.25, 0.3) is 11.8 Å². The summed E-state index contributed by atoms with van der Waals surface area (Å²) in [6.07, 6.45) is 4.05. The highest BCUT2D eigenvalue weighted by molar-refractivity contribution is 5.95. The number of hydrogen-bond acceptors (Lipinski definition) is 4. The molecule has 2 amide bonds. The van der Waals surface area contributed by atoms with Gasteiger partial charge >= 0.3 is 0 Å². The van der Waals surface area contributed by atoms with Gasteiger partial charge in [0.05, 0.1) is 13.2 Å². The number of methoxy groups -OCH3 is 1. The Morgan fingerprint density at radius 1 is 0.900 bits per heavy atom. The summed E-state index contributed by atoms with van der Waals surface area (Å²) in [6, 6.07) is 14.6. The number of carbonyl (C=O) groups excluding carboxylic acids is 2. The Kier molecular flexibility index (Phi) is 6.21. The third-order valence-electron chi connectivity index (χ3n) is 5.89. The fraction of sp³-hybridized carbons (Fsp3) is 0.417. The van der Waals surface area contributed by atoms with Crippen molar-refractivity contribution in [1.82, 2.24) is 9.80 Å². The largest absolute Gasteiger partial charge is 0.497 e.